The number of anilines is 1. The van der Waals surface area contributed by atoms with Gasteiger partial charge in [0.1, 0.15) is 5.82 Å². The summed E-state index contributed by atoms with van der Waals surface area (Å²) in [5, 5.41) is 4.37. The van der Waals surface area contributed by atoms with Crippen LogP contribution >= 0.6 is 11.5 Å². The molecule has 1 aromatic carbocycles. The number of nitrogens with one attached hydrogen (secondary N) is 1. The van der Waals surface area contributed by atoms with Gasteiger partial charge in [-0.2, -0.15) is 4.37 Å². The zero-order valence-corrected chi connectivity index (χ0v) is 17.0. The monoisotopic (exact) mass is 387 g/mol. The molecule has 6 nitrogen and oxygen atoms in total. The van der Waals surface area contributed by atoms with Crippen LogP contribution < -0.4 is 10.2 Å². The van der Waals surface area contributed by atoms with Gasteiger partial charge in [-0.3, -0.25) is 4.90 Å². The molecule has 0 bridgehead atoms. The lowest BCUT2D eigenvalue weighted by Crippen LogP contribution is -2.50. The number of benzene rings is 1. The van der Waals surface area contributed by atoms with Crippen molar-refractivity contribution in [3.05, 3.63) is 24.3 Å². The number of aromatic nitrogens is 1. The van der Waals surface area contributed by atoms with Gasteiger partial charge in [0, 0.05) is 51.7 Å². The number of fused-ring (bicyclic) bond motifs is 1. The highest BCUT2D eigenvalue weighted by molar-refractivity contribution is 7.13. The minimum Gasteiger partial charge on any atom is -0.353 e. The number of nitrogens with zero attached hydrogens (tertiary/aromatic N) is 4. The van der Waals surface area contributed by atoms with Gasteiger partial charge in [0.05, 0.1) is 4.70 Å². The van der Waals surface area contributed by atoms with Gasteiger partial charge >= 0.3 is 6.03 Å². The fourth-order valence-electron chi connectivity index (χ4n) is 4.04. The van der Waals surface area contributed by atoms with Crippen LogP contribution in [0.3, 0.4) is 0 Å². The summed E-state index contributed by atoms with van der Waals surface area (Å²) in [6, 6.07) is 8.92. The van der Waals surface area contributed by atoms with Crippen molar-refractivity contribution in [3.63, 3.8) is 0 Å². The SMILES string of the molecule is CN(C)C(=O)NC1CC(CCN2CCN(c3nsc4ccccc34)CC2)C1. The molecule has 7 heteroatoms. The summed E-state index contributed by atoms with van der Waals surface area (Å²) >= 11 is 1.60. The zero-order chi connectivity index (χ0) is 18.8. The van der Waals surface area contributed by atoms with Crippen LogP contribution in [0.15, 0.2) is 24.3 Å². The summed E-state index contributed by atoms with van der Waals surface area (Å²) in [7, 11) is 3.58. The van der Waals surface area contributed by atoms with Crippen LogP contribution in [0.25, 0.3) is 10.1 Å². The summed E-state index contributed by atoms with van der Waals surface area (Å²) in [5.41, 5.74) is 0. The molecule has 146 valence electrons. The lowest BCUT2D eigenvalue weighted by molar-refractivity contribution is 0.161. The molecule has 1 saturated heterocycles. The van der Waals surface area contributed by atoms with Crippen molar-refractivity contribution in [2.45, 2.75) is 25.3 Å². The first kappa shape index (κ1) is 18.5. The van der Waals surface area contributed by atoms with Gasteiger partial charge in [0.25, 0.3) is 0 Å². The quantitative estimate of drug-likeness (QED) is 0.857. The van der Waals surface area contributed by atoms with E-state index < -0.39 is 0 Å². The van der Waals surface area contributed by atoms with Gasteiger partial charge in [-0.15, -0.1) is 0 Å². The number of amides is 2. The first-order valence-corrected chi connectivity index (χ1v) is 10.7. The molecular formula is C20H29N5OS. The van der Waals surface area contributed by atoms with Crippen molar-refractivity contribution in [1.82, 2.24) is 19.5 Å². The van der Waals surface area contributed by atoms with E-state index in [1.54, 1.807) is 30.5 Å². The molecule has 2 aromatic rings. The third-order valence-electron chi connectivity index (χ3n) is 5.85. The number of piperazine rings is 1. The number of carbonyl (C=O) groups excluding carboxylic acids is 1. The van der Waals surface area contributed by atoms with Crippen molar-refractivity contribution in [2.24, 2.45) is 5.92 Å². The molecule has 0 spiro atoms. The third-order valence-corrected chi connectivity index (χ3v) is 6.67. The topological polar surface area (TPSA) is 51.7 Å². The van der Waals surface area contributed by atoms with Crippen LogP contribution in [0.2, 0.25) is 0 Å². The Bertz CT molecular complexity index is 778. The highest BCUT2D eigenvalue weighted by Gasteiger charge is 2.31. The summed E-state index contributed by atoms with van der Waals surface area (Å²) < 4.78 is 5.97. The minimum atomic E-state index is 0.0316. The van der Waals surface area contributed by atoms with E-state index in [1.165, 1.54) is 23.1 Å². The fourth-order valence-corrected chi connectivity index (χ4v) is 4.84. The Morgan fingerprint density at radius 2 is 1.96 bits per heavy atom. The van der Waals surface area contributed by atoms with Gasteiger partial charge in [-0.05, 0) is 55.4 Å². The Morgan fingerprint density at radius 1 is 1.22 bits per heavy atom. The van der Waals surface area contributed by atoms with Crippen molar-refractivity contribution in [3.8, 4) is 0 Å². The summed E-state index contributed by atoms with van der Waals surface area (Å²) in [5.74, 6) is 1.92. The van der Waals surface area contributed by atoms with Crippen LogP contribution in [-0.2, 0) is 0 Å². The molecule has 0 unspecified atom stereocenters. The molecule has 0 radical (unpaired) electrons. The number of rotatable bonds is 5. The van der Waals surface area contributed by atoms with E-state index in [2.05, 4.69) is 39.4 Å². The maximum absolute atomic E-state index is 11.7. The van der Waals surface area contributed by atoms with E-state index in [1.807, 2.05) is 0 Å². The van der Waals surface area contributed by atoms with Gasteiger partial charge in [0.15, 0.2) is 0 Å². The fraction of sp³-hybridized carbons (Fsp3) is 0.600. The Balaban J connectivity index is 1.18. The maximum Gasteiger partial charge on any atom is 0.317 e. The molecule has 2 fully saturated rings. The van der Waals surface area contributed by atoms with E-state index in [4.69, 9.17) is 4.37 Å². The second-order valence-corrected chi connectivity index (χ2v) is 8.80. The highest BCUT2D eigenvalue weighted by atomic mass is 32.1. The molecule has 1 N–H and O–H groups in total. The molecule has 1 aliphatic carbocycles. The average molecular weight is 388 g/mol. The molecule has 4 rings (SSSR count). The zero-order valence-electron chi connectivity index (χ0n) is 16.2. The molecule has 1 aliphatic heterocycles. The Hall–Kier alpha value is -1.86. The van der Waals surface area contributed by atoms with E-state index in [0.717, 1.165) is 50.8 Å². The lowest BCUT2D eigenvalue weighted by Gasteiger charge is -2.39. The van der Waals surface area contributed by atoms with Crippen molar-refractivity contribution in [2.75, 3.05) is 51.7 Å². The van der Waals surface area contributed by atoms with Crippen LogP contribution in [0.1, 0.15) is 19.3 Å². The number of carbonyl (C=O) groups is 1. The Morgan fingerprint density at radius 3 is 2.70 bits per heavy atom. The first-order chi connectivity index (χ1) is 13.1. The number of hydrogen-bond donors (Lipinski definition) is 1. The van der Waals surface area contributed by atoms with E-state index >= 15 is 0 Å². The Kier molecular flexibility index (Phi) is 5.50. The van der Waals surface area contributed by atoms with Crippen molar-refractivity contribution in [1.29, 1.82) is 0 Å². The first-order valence-electron chi connectivity index (χ1n) is 9.89. The van der Waals surface area contributed by atoms with Crippen molar-refractivity contribution >= 4 is 33.5 Å². The van der Waals surface area contributed by atoms with E-state index in [-0.39, 0.29) is 6.03 Å². The predicted molar refractivity (Wildman–Crippen MR) is 112 cm³/mol. The molecule has 2 amide bonds. The van der Waals surface area contributed by atoms with Gasteiger partial charge < -0.3 is 15.1 Å². The Labute approximate surface area is 165 Å². The molecule has 2 aliphatic rings. The number of hydrogen-bond acceptors (Lipinski definition) is 5. The molecule has 0 atom stereocenters. The molecule has 1 saturated carbocycles. The van der Waals surface area contributed by atoms with Crippen LogP contribution in [-0.4, -0.2) is 73.1 Å². The summed E-state index contributed by atoms with van der Waals surface area (Å²) in [6.45, 7) is 5.50. The summed E-state index contributed by atoms with van der Waals surface area (Å²) in [4.78, 5) is 18.3. The smallest absolute Gasteiger partial charge is 0.317 e. The normalized spacial score (nSPS) is 23.3. The minimum absolute atomic E-state index is 0.0316. The van der Waals surface area contributed by atoms with Gasteiger partial charge in [-0.25, -0.2) is 4.79 Å². The molecule has 2 heterocycles. The largest absolute Gasteiger partial charge is 0.353 e. The van der Waals surface area contributed by atoms with E-state index in [0.29, 0.717) is 6.04 Å². The third kappa shape index (κ3) is 4.19. The summed E-state index contributed by atoms with van der Waals surface area (Å²) in [6.07, 6.45) is 3.50. The van der Waals surface area contributed by atoms with E-state index in [9.17, 15) is 4.79 Å². The molecule has 1 aromatic heterocycles. The van der Waals surface area contributed by atoms with Crippen LogP contribution in [0.5, 0.6) is 0 Å². The second kappa shape index (κ2) is 8.02. The van der Waals surface area contributed by atoms with Gasteiger partial charge in [-0.1, -0.05) is 12.1 Å². The van der Waals surface area contributed by atoms with Crippen LogP contribution in [0.4, 0.5) is 10.6 Å². The van der Waals surface area contributed by atoms with Crippen molar-refractivity contribution < 1.29 is 4.79 Å². The lowest BCUT2D eigenvalue weighted by atomic mass is 9.78. The molecular weight excluding hydrogens is 358 g/mol. The number of urea groups is 1. The second-order valence-electron chi connectivity index (χ2n) is 8.00. The van der Waals surface area contributed by atoms with Crippen LogP contribution in [0, 0.1) is 5.92 Å². The maximum atomic E-state index is 11.7. The van der Waals surface area contributed by atoms with Gasteiger partial charge in [0.2, 0.25) is 0 Å². The standard InChI is InChI=1S/C20H29N5OS/c1-23(2)20(26)21-16-13-15(14-16)7-8-24-9-11-25(12-10-24)19-17-5-3-4-6-18(17)27-22-19/h3-6,15-16H,7-14H2,1-2H3,(H,21,26). The predicted octanol–water partition coefficient (Wildman–Crippen LogP) is 2.86. The molecule has 27 heavy (non-hydrogen) atoms. The highest BCUT2D eigenvalue weighted by Crippen LogP contribution is 2.32. The average Bonchev–Trinajstić information content (AvgIpc) is 3.07.